The highest BCUT2D eigenvalue weighted by Crippen LogP contribution is 2.23. The van der Waals surface area contributed by atoms with Gasteiger partial charge in [-0.2, -0.15) is 0 Å². The molecule has 138 valence electrons. The first-order valence-electron chi connectivity index (χ1n) is 9.85. The molecular weight excluding hydrogens is 334 g/mol. The average molecular weight is 359 g/mol. The van der Waals surface area contributed by atoms with Crippen LogP contribution in [0.25, 0.3) is 16.6 Å². The molecule has 4 heterocycles. The van der Waals surface area contributed by atoms with Gasteiger partial charge in [0, 0.05) is 25.7 Å². The van der Waals surface area contributed by atoms with Crippen molar-refractivity contribution in [1.82, 2.24) is 24.3 Å². The van der Waals surface area contributed by atoms with Crippen LogP contribution >= 0.6 is 0 Å². The van der Waals surface area contributed by atoms with Crippen LogP contribution in [0.15, 0.2) is 48.7 Å². The number of fused-ring (bicyclic) bond motifs is 2. The third kappa shape index (κ3) is 3.23. The van der Waals surface area contributed by atoms with E-state index in [4.69, 9.17) is 9.97 Å². The molecule has 1 aliphatic heterocycles. The number of piperidine rings is 1. The smallest absolute Gasteiger partial charge is 0.110 e. The Morgan fingerprint density at radius 3 is 2.93 bits per heavy atom. The van der Waals surface area contributed by atoms with E-state index in [2.05, 4.69) is 63.8 Å². The number of aryl methyl sites for hydroxylation is 1. The second-order valence-corrected chi connectivity index (χ2v) is 7.71. The van der Waals surface area contributed by atoms with Crippen LogP contribution in [0, 0.1) is 12.8 Å². The van der Waals surface area contributed by atoms with Crippen LogP contribution in [0.4, 0.5) is 0 Å². The maximum Gasteiger partial charge on any atom is 0.110 e. The molecule has 0 saturated carbocycles. The summed E-state index contributed by atoms with van der Waals surface area (Å²) in [7, 11) is 0. The van der Waals surface area contributed by atoms with Crippen molar-refractivity contribution >= 4 is 16.6 Å². The molecule has 5 nitrogen and oxygen atoms in total. The van der Waals surface area contributed by atoms with E-state index in [1.54, 1.807) is 0 Å². The van der Waals surface area contributed by atoms with Gasteiger partial charge in [0.2, 0.25) is 0 Å². The SMILES string of the molecule is Cc1nc(CN2CCC[C@H](Cc3nc4ccccc4[nH]3)C2)c2ccccn12. The molecule has 1 aliphatic rings. The number of hydrogen-bond acceptors (Lipinski definition) is 3. The van der Waals surface area contributed by atoms with Crippen molar-refractivity contribution in [3.05, 3.63) is 66.0 Å². The Balaban J connectivity index is 1.30. The van der Waals surface area contributed by atoms with Crippen molar-refractivity contribution in [3.63, 3.8) is 0 Å². The monoisotopic (exact) mass is 359 g/mol. The Hall–Kier alpha value is -2.66. The molecule has 1 N–H and O–H groups in total. The van der Waals surface area contributed by atoms with E-state index in [9.17, 15) is 0 Å². The highest BCUT2D eigenvalue weighted by molar-refractivity contribution is 5.74. The van der Waals surface area contributed by atoms with Gasteiger partial charge in [0.05, 0.1) is 22.2 Å². The second kappa shape index (κ2) is 6.82. The Bertz CT molecular complexity index is 1040. The zero-order valence-electron chi connectivity index (χ0n) is 15.7. The Morgan fingerprint density at radius 1 is 1.11 bits per heavy atom. The van der Waals surface area contributed by atoms with Gasteiger partial charge in [0.15, 0.2) is 0 Å². The van der Waals surface area contributed by atoms with Gasteiger partial charge in [-0.3, -0.25) is 4.90 Å². The molecule has 4 aromatic rings. The maximum atomic E-state index is 4.82. The van der Waals surface area contributed by atoms with E-state index in [0.717, 1.165) is 48.7 Å². The number of H-pyrrole nitrogens is 1. The van der Waals surface area contributed by atoms with E-state index in [0.29, 0.717) is 5.92 Å². The first-order valence-corrected chi connectivity index (χ1v) is 9.85. The third-order valence-corrected chi connectivity index (χ3v) is 5.70. The fourth-order valence-corrected chi connectivity index (χ4v) is 4.43. The van der Waals surface area contributed by atoms with Gasteiger partial charge in [0.25, 0.3) is 0 Å². The Labute approximate surface area is 159 Å². The average Bonchev–Trinajstić information content (AvgIpc) is 3.23. The van der Waals surface area contributed by atoms with Crippen LogP contribution in [-0.2, 0) is 13.0 Å². The van der Waals surface area contributed by atoms with Crippen molar-refractivity contribution in [2.24, 2.45) is 5.92 Å². The van der Waals surface area contributed by atoms with Gasteiger partial charge in [-0.15, -0.1) is 0 Å². The van der Waals surface area contributed by atoms with Crippen molar-refractivity contribution in [2.75, 3.05) is 13.1 Å². The van der Waals surface area contributed by atoms with Crippen LogP contribution < -0.4 is 0 Å². The summed E-state index contributed by atoms with van der Waals surface area (Å²) in [6, 6.07) is 14.6. The number of aromatic amines is 1. The van der Waals surface area contributed by atoms with Crippen LogP contribution in [0.1, 0.15) is 30.2 Å². The molecule has 0 aliphatic carbocycles. The van der Waals surface area contributed by atoms with Gasteiger partial charge in [-0.1, -0.05) is 18.2 Å². The molecule has 0 bridgehead atoms. The molecule has 5 rings (SSSR count). The fourth-order valence-electron chi connectivity index (χ4n) is 4.43. The van der Waals surface area contributed by atoms with E-state index < -0.39 is 0 Å². The lowest BCUT2D eigenvalue weighted by Crippen LogP contribution is -2.36. The van der Waals surface area contributed by atoms with Crippen molar-refractivity contribution in [1.29, 1.82) is 0 Å². The zero-order valence-corrected chi connectivity index (χ0v) is 15.7. The first kappa shape index (κ1) is 16.5. The van der Waals surface area contributed by atoms with Crippen LogP contribution in [0.3, 0.4) is 0 Å². The van der Waals surface area contributed by atoms with Gasteiger partial charge in [-0.05, 0) is 56.5 Å². The number of hydrogen-bond donors (Lipinski definition) is 1. The molecule has 1 aromatic carbocycles. The van der Waals surface area contributed by atoms with E-state index >= 15 is 0 Å². The quantitative estimate of drug-likeness (QED) is 0.600. The lowest BCUT2D eigenvalue weighted by molar-refractivity contribution is 0.165. The summed E-state index contributed by atoms with van der Waals surface area (Å²) in [5, 5.41) is 0. The number of para-hydroxylation sites is 2. The molecule has 0 spiro atoms. The van der Waals surface area contributed by atoms with Gasteiger partial charge in [-0.25, -0.2) is 9.97 Å². The molecule has 1 atom stereocenters. The standard InChI is InChI=1S/C22H25N5/c1-16-23-20(21-10-4-5-12-27(16)21)15-26-11-6-7-17(14-26)13-22-24-18-8-2-3-9-19(18)25-22/h2-5,8-10,12,17H,6-7,11,13-15H2,1H3,(H,24,25)/t17-/m1/s1. The van der Waals surface area contributed by atoms with E-state index in [1.807, 2.05) is 6.07 Å². The molecule has 3 aromatic heterocycles. The molecule has 1 fully saturated rings. The predicted molar refractivity (Wildman–Crippen MR) is 108 cm³/mol. The molecule has 0 radical (unpaired) electrons. The lowest BCUT2D eigenvalue weighted by atomic mass is 9.94. The highest BCUT2D eigenvalue weighted by Gasteiger charge is 2.23. The summed E-state index contributed by atoms with van der Waals surface area (Å²) in [6.07, 6.45) is 5.64. The fraction of sp³-hybridized carbons (Fsp3) is 0.364. The number of benzene rings is 1. The van der Waals surface area contributed by atoms with Crippen LogP contribution in [0.5, 0.6) is 0 Å². The minimum atomic E-state index is 0.647. The molecular formula is C22H25N5. The summed E-state index contributed by atoms with van der Waals surface area (Å²) in [5.41, 5.74) is 4.63. The number of aromatic nitrogens is 4. The van der Waals surface area contributed by atoms with Crippen molar-refractivity contribution in [2.45, 2.75) is 32.7 Å². The van der Waals surface area contributed by atoms with Gasteiger partial charge < -0.3 is 9.38 Å². The second-order valence-electron chi connectivity index (χ2n) is 7.71. The Kier molecular flexibility index (Phi) is 4.17. The summed E-state index contributed by atoms with van der Waals surface area (Å²) in [5.74, 6) is 2.83. The largest absolute Gasteiger partial charge is 0.342 e. The van der Waals surface area contributed by atoms with Crippen LogP contribution in [-0.4, -0.2) is 37.3 Å². The normalized spacial score (nSPS) is 18.5. The van der Waals surface area contributed by atoms with Crippen LogP contribution in [0.2, 0.25) is 0 Å². The topological polar surface area (TPSA) is 49.2 Å². The number of pyridine rings is 1. The van der Waals surface area contributed by atoms with Gasteiger partial charge >= 0.3 is 0 Å². The summed E-state index contributed by atoms with van der Waals surface area (Å²) in [6.45, 7) is 5.28. The van der Waals surface area contributed by atoms with E-state index in [-0.39, 0.29) is 0 Å². The van der Waals surface area contributed by atoms with Crippen molar-refractivity contribution in [3.8, 4) is 0 Å². The van der Waals surface area contributed by atoms with Crippen molar-refractivity contribution < 1.29 is 0 Å². The maximum absolute atomic E-state index is 4.82. The summed E-state index contributed by atoms with van der Waals surface area (Å²) >= 11 is 0. The number of imidazole rings is 2. The number of nitrogens with one attached hydrogen (secondary N) is 1. The number of likely N-dealkylation sites (tertiary alicyclic amines) is 1. The molecule has 1 saturated heterocycles. The number of rotatable bonds is 4. The Morgan fingerprint density at radius 2 is 2.00 bits per heavy atom. The van der Waals surface area contributed by atoms with Gasteiger partial charge in [0.1, 0.15) is 11.6 Å². The zero-order chi connectivity index (χ0) is 18.2. The first-order chi connectivity index (χ1) is 13.3. The number of nitrogens with zero attached hydrogens (tertiary/aromatic N) is 4. The molecule has 5 heteroatoms. The molecule has 0 amide bonds. The van der Waals surface area contributed by atoms with E-state index in [1.165, 1.54) is 24.1 Å². The summed E-state index contributed by atoms with van der Waals surface area (Å²) in [4.78, 5) is 15.6. The minimum Gasteiger partial charge on any atom is -0.342 e. The third-order valence-electron chi connectivity index (χ3n) is 5.70. The highest BCUT2D eigenvalue weighted by atomic mass is 15.2. The predicted octanol–water partition coefficient (Wildman–Crippen LogP) is 3.97. The lowest BCUT2D eigenvalue weighted by Gasteiger charge is -2.32. The molecule has 27 heavy (non-hydrogen) atoms. The minimum absolute atomic E-state index is 0.647. The molecule has 0 unspecified atom stereocenters. The summed E-state index contributed by atoms with van der Waals surface area (Å²) < 4.78 is 2.19.